The maximum absolute atomic E-state index is 12.4. The molecule has 2 unspecified atom stereocenters. The lowest BCUT2D eigenvalue weighted by Crippen LogP contribution is -2.46. The monoisotopic (exact) mass is 434 g/mol. The Balaban J connectivity index is 1.93. The van der Waals surface area contributed by atoms with Gasteiger partial charge in [0.15, 0.2) is 0 Å². The molecule has 6 heteroatoms. The standard InChI is InChI=1S/C25H38O6/c1-5-6-7-8-17-12-21(30-24(28)29-15-18(27)14-26)23-19-11-16(2)9-10-20(19)25(3,4)31-22(23)13-17/h12-13,16,18-20,26-27H,5-11,14-15H2,1-4H3/t16?,18-,19?,20+/m0/s1. The van der Waals surface area contributed by atoms with Crippen LogP contribution < -0.4 is 9.47 Å². The minimum Gasteiger partial charge on any atom is -0.487 e. The van der Waals surface area contributed by atoms with E-state index in [9.17, 15) is 9.90 Å². The maximum Gasteiger partial charge on any atom is 0.513 e. The second-order valence-corrected chi connectivity index (χ2v) is 9.80. The summed E-state index contributed by atoms with van der Waals surface area (Å²) in [5.74, 6) is 2.54. The lowest BCUT2D eigenvalue weighted by molar-refractivity contribution is -0.0152. The predicted octanol–water partition coefficient (Wildman–Crippen LogP) is 4.98. The van der Waals surface area contributed by atoms with Crippen LogP contribution in [-0.4, -0.2) is 41.3 Å². The number of fused-ring (bicyclic) bond motifs is 3. The molecule has 1 saturated carbocycles. The van der Waals surface area contributed by atoms with Crippen molar-refractivity contribution in [1.29, 1.82) is 0 Å². The molecule has 2 aliphatic rings. The molecule has 0 saturated heterocycles. The summed E-state index contributed by atoms with van der Waals surface area (Å²) in [6.07, 6.45) is 5.55. The summed E-state index contributed by atoms with van der Waals surface area (Å²) < 4.78 is 17.2. The van der Waals surface area contributed by atoms with Gasteiger partial charge in [0, 0.05) is 11.5 Å². The van der Waals surface area contributed by atoms with E-state index >= 15 is 0 Å². The van der Waals surface area contributed by atoms with E-state index in [2.05, 4.69) is 33.8 Å². The number of ether oxygens (including phenoxy) is 3. The topological polar surface area (TPSA) is 85.2 Å². The fourth-order valence-corrected chi connectivity index (χ4v) is 5.14. The summed E-state index contributed by atoms with van der Waals surface area (Å²) in [6, 6.07) is 4.08. The molecule has 174 valence electrons. The van der Waals surface area contributed by atoms with Gasteiger partial charge in [-0.05, 0) is 69.1 Å². The van der Waals surface area contributed by atoms with Gasteiger partial charge in [0.25, 0.3) is 0 Å². The first-order valence-corrected chi connectivity index (χ1v) is 11.7. The van der Waals surface area contributed by atoms with Crippen molar-refractivity contribution in [2.75, 3.05) is 13.2 Å². The van der Waals surface area contributed by atoms with E-state index in [-0.39, 0.29) is 18.1 Å². The van der Waals surface area contributed by atoms with Crippen molar-refractivity contribution in [2.45, 2.75) is 90.3 Å². The highest BCUT2D eigenvalue weighted by Crippen LogP contribution is 2.55. The fourth-order valence-electron chi connectivity index (χ4n) is 5.14. The van der Waals surface area contributed by atoms with E-state index in [1.165, 1.54) is 6.42 Å². The van der Waals surface area contributed by atoms with E-state index < -0.39 is 18.9 Å². The predicted molar refractivity (Wildman–Crippen MR) is 119 cm³/mol. The third-order valence-electron chi connectivity index (χ3n) is 6.78. The van der Waals surface area contributed by atoms with Crippen molar-refractivity contribution < 1.29 is 29.2 Å². The molecule has 1 aliphatic heterocycles. The van der Waals surface area contributed by atoms with Gasteiger partial charge < -0.3 is 24.4 Å². The molecule has 0 amide bonds. The molecule has 1 heterocycles. The van der Waals surface area contributed by atoms with Crippen molar-refractivity contribution in [1.82, 2.24) is 0 Å². The van der Waals surface area contributed by atoms with Crippen LogP contribution in [0.1, 0.15) is 83.3 Å². The van der Waals surface area contributed by atoms with E-state index in [0.717, 1.165) is 55.4 Å². The normalized spacial score (nSPS) is 25.0. The Morgan fingerprint density at radius 1 is 1.29 bits per heavy atom. The smallest absolute Gasteiger partial charge is 0.487 e. The number of aliphatic hydroxyl groups excluding tert-OH is 2. The highest BCUT2D eigenvalue weighted by molar-refractivity contribution is 5.66. The minimum atomic E-state index is -1.12. The summed E-state index contributed by atoms with van der Waals surface area (Å²) in [5.41, 5.74) is 1.78. The number of carbonyl (C=O) groups excluding carboxylic acids is 1. The number of rotatable bonds is 8. The molecule has 4 atom stereocenters. The average molecular weight is 435 g/mol. The molecule has 1 aromatic carbocycles. The van der Waals surface area contributed by atoms with Crippen LogP contribution in [0.25, 0.3) is 0 Å². The van der Waals surface area contributed by atoms with Gasteiger partial charge in [-0.25, -0.2) is 4.79 Å². The molecular formula is C25H38O6. The van der Waals surface area contributed by atoms with Gasteiger partial charge in [-0.1, -0.05) is 33.1 Å². The number of hydrogen-bond acceptors (Lipinski definition) is 6. The zero-order valence-corrected chi connectivity index (χ0v) is 19.4. The average Bonchev–Trinajstić information content (AvgIpc) is 2.71. The Bertz CT molecular complexity index is 759. The summed E-state index contributed by atoms with van der Waals surface area (Å²) in [7, 11) is 0. The number of aliphatic hydroxyl groups is 2. The molecule has 1 aromatic rings. The highest BCUT2D eigenvalue weighted by Gasteiger charge is 2.47. The zero-order valence-electron chi connectivity index (χ0n) is 19.4. The van der Waals surface area contributed by atoms with Gasteiger partial charge in [0.05, 0.1) is 6.61 Å². The third kappa shape index (κ3) is 5.72. The van der Waals surface area contributed by atoms with Crippen molar-refractivity contribution in [3.05, 3.63) is 23.3 Å². The lowest BCUT2D eigenvalue weighted by atomic mass is 9.64. The number of carbonyl (C=O) groups is 1. The molecule has 0 aromatic heterocycles. The molecule has 0 bridgehead atoms. The Kier molecular flexibility index (Phi) is 7.87. The van der Waals surface area contributed by atoms with Crippen molar-refractivity contribution in [2.24, 2.45) is 11.8 Å². The molecule has 3 rings (SSSR count). The number of benzene rings is 1. The van der Waals surface area contributed by atoms with Crippen LogP contribution in [0.4, 0.5) is 4.79 Å². The van der Waals surface area contributed by atoms with Crippen LogP contribution in [-0.2, 0) is 11.2 Å². The Labute approximate surface area is 185 Å². The summed E-state index contributed by atoms with van der Waals surface area (Å²) in [5, 5.41) is 18.4. The van der Waals surface area contributed by atoms with Crippen LogP contribution in [0.5, 0.6) is 11.5 Å². The highest BCUT2D eigenvalue weighted by atomic mass is 16.7. The van der Waals surface area contributed by atoms with Crippen LogP contribution >= 0.6 is 0 Å². The molecular weight excluding hydrogens is 396 g/mol. The second kappa shape index (κ2) is 10.2. The van der Waals surface area contributed by atoms with Gasteiger partial charge in [-0.15, -0.1) is 0 Å². The number of unbranched alkanes of at least 4 members (excludes halogenated alkanes) is 2. The molecule has 6 nitrogen and oxygen atoms in total. The van der Waals surface area contributed by atoms with E-state index in [0.29, 0.717) is 17.6 Å². The quantitative estimate of drug-likeness (QED) is 0.341. The van der Waals surface area contributed by atoms with E-state index in [1.807, 2.05) is 6.07 Å². The van der Waals surface area contributed by atoms with Gasteiger partial charge in [-0.3, -0.25) is 0 Å². The van der Waals surface area contributed by atoms with Crippen LogP contribution in [0.3, 0.4) is 0 Å². The Hall–Kier alpha value is -1.79. The van der Waals surface area contributed by atoms with Crippen LogP contribution in [0.2, 0.25) is 0 Å². The first-order chi connectivity index (χ1) is 14.7. The minimum absolute atomic E-state index is 0.262. The molecule has 31 heavy (non-hydrogen) atoms. The number of hydrogen-bond donors (Lipinski definition) is 2. The van der Waals surface area contributed by atoms with Crippen molar-refractivity contribution in [3.8, 4) is 11.5 Å². The summed E-state index contributed by atoms with van der Waals surface area (Å²) >= 11 is 0. The third-order valence-corrected chi connectivity index (χ3v) is 6.78. The van der Waals surface area contributed by atoms with Crippen molar-refractivity contribution >= 4 is 6.16 Å². The van der Waals surface area contributed by atoms with Crippen molar-refractivity contribution in [3.63, 3.8) is 0 Å². The summed E-state index contributed by atoms with van der Waals surface area (Å²) in [6.45, 7) is 8.01. The fraction of sp³-hybridized carbons (Fsp3) is 0.720. The van der Waals surface area contributed by atoms with Gasteiger partial charge in [0.2, 0.25) is 0 Å². The van der Waals surface area contributed by atoms with Gasteiger partial charge >= 0.3 is 6.16 Å². The zero-order chi connectivity index (χ0) is 22.6. The lowest BCUT2D eigenvalue weighted by Gasteiger charge is -2.49. The van der Waals surface area contributed by atoms with E-state index in [1.54, 1.807) is 0 Å². The Morgan fingerprint density at radius 2 is 2.06 bits per heavy atom. The van der Waals surface area contributed by atoms with Gasteiger partial charge in [0.1, 0.15) is 29.8 Å². The largest absolute Gasteiger partial charge is 0.513 e. The first kappa shape index (κ1) is 23.9. The Morgan fingerprint density at radius 3 is 2.77 bits per heavy atom. The summed E-state index contributed by atoms with van der Waals surface area (Å²) in [4.78, 5) is 12.4. The first-order valence-electron chi connectivity index (χ1n) is 11.7. The number of aryl methyl sites for hydroxylation is 1. The van der Waals surface area contributed by atoms with Gasteiger partial charge in [-0.2, -0.15) is 0 Å². The molecule has 2 N–H and O–H groups in total. The molecule has 1 aliphatic carbocycles. The SMILES string of the molecule is CCCCCc1cc(OC(=O)OC[C@@H](O)CO)c2c(c1)OC(C)(C)[C@@H]1CCC(C)CC21. The molecule has 0 spiro atoms. The second-order valence-electron chi connectivity index (χ2n) is 9.80. The van der Waals surface area contributed by atoms with Crippen LogP contribution in [0, 0.1) is 11.8 Å². The molecule has 0 radical (unpaired) electrons. The molecule has 1 fully saturated rings. The van der Waals surface area contributed by atoms with E-state index in [4.69, 9.17) is 19.3 Å². The maximum atomic E-state index is 12.4. The van der Waals surface area contributed by atoms with Crippen LogP contribution in [0.15, 0.2) is 12.1 Å².